The first-order chi connectivity index (χ1) is 7.27. The summed E-state index contributed by atoms with van der Waals surface area (Å²) in [7, 11) is 0. The largest absolute Gasteiger partial charge is 0.348 e. The van der Waals surface area contributed by atoms with Crippen LogP contribution >= 0.6 is 11.3 Å². The van der Waals surface area contributed by atoms with Crippen LogP contribution in [-0.4, -0.2) is 11.9 Å². The molecule has 0 bridgehead atoms. The Kier molecular flexibility index (Phi) is 3.41. The smallest absolute Gasteiger partial charge is 0.261 e. The fourth-order valence-electron chi connectivity index (χ4n) is 2.18. The molecule has 1 saturated carbocycles. The average Bonchev–Trinajstić information content (AvgIpc) is 2.74. The van der Waals surface area contributed by atoms with Gasteiger partial charge in [-0.15, -0.1) is 11.3 Å². The summed E-state index contributed by atoms with van der Waals surface area (Å²) in [5.41, 5.74) is 0. The highest BCUT2D eigenvalue weighted by Crippen LogP contribution is 2.24. The quantitative estimate of drug-likeness (QED) is 0.820. The van der Waals surface area contributed by atoms with Gasteiger partial charge in [0, 0.05) is 6.04 Å². The molecule has 1 aromatic heterocycles. The summed E-state index contributed by atoms with van der Waals surface area (Å²) in [6.07, 6.45) is 4.94. The number of carbonyl (C=O) groups excluding carboxylic acids is 1. The fourth-order valence-corrected chi connectivity index (χ4v) is 2.80. The van der Waals surface area contributed by atoms with Crippen molar-refractivity contribution >= 4 is 17.2 Å². The first-order valence-corrected chi connectivity index (χ1v) is 6.49. The zero-order valence-corrected chi connectivity index (χ0v) is 9.85. The number of rotatable bonds is 2. The van der Waals surface area contributed by atoms with E-state index >= 15 is 0 Å². The van der Waals surface area contributed by atoms with E-state index in [1.807, 2.05) is 17.5 Å². The molecule has 0 saturated heterocycles. The highest BCUT2D eigenvalue weighted by molar-refractivity contribution is 7.12. The summed E-state index contributed by atoms with van der Waals surface area (Å²) in [6.45, 7) is 2.23. The van der Waals surface area contributed by atoms with Crippen LogP contribution in [0.5, 0.6) is 0 Å². The van der Waals surface area contributed by atoms with Crippen molar-refractivity contribution in [1.29, 1.82) is 0 Å². The van der Waals surface area contributed by atoms with Crippen LogP contribution in [0.25, 0.3) is 0 Å². The van der Waals surface area contributed by atoms with E-state index in [4.69, 9.17) is 0 Å². The topological polar surface area (TPSA) is 29.1 Å². The van der Waals surface area contributed by atoms with E-state index in [9.17, 15) is 4.79 Å². The summed E-state index contributed by atoms with van der Waals surface area (Å²) in [5, 5.41) is 5.09. The van der Waals surface area contributed by atoms with Crippen LogP contribution in [0.15, 0.2) is 17.5 Å². The molecule has 82 valence electrons. The molecule has 2 rings (SSSR count). The maximum Gasteiger partial charge on any atom is 0.261 e. The van der Waals surface area contributed by atoms with E-state index in [0.717, 1.165) is 11.3 Å². The van der Waals surface area contributed by atoms with Crippen LogP contribution < -0.4 is 5.32 Å². The summed E-state index contributed by atoms with van der Waals surface area (Å²) in [6, 6.07) is 4.19. The van der Waals surface area contributed by atoms with Crippen molar-refractivity contribution in [2.24, 2.45) is 5.92 Å². The molecule has 0 radical (unpaired) electrons. The number of thiophene rings is 1. The van der Waals surface area contributed by atoms with Gasteiger partial charge in [0.05, 0.1) is 4.88 Å². The van der Waals surface area contributed by atoms with Gasteiger partial charge in [-0.2, -0.15) is 0 Å². The Labute approximate surface area is 94.7 Å². The van der Waals surface area contributed by atoms with E-state index in [2.05, 4.69) is 12.2 Å². The van der Waals surface area contributed by atoms with E-state index in [1.54, 1.807) is 0 Å². The number of hydrogen-bond acceptors (Lipinski definition) is 2. The zero-order chi connectivity index (χ0) is 10.7. The normalized spacial score (nSPS) is 26.2. The monoisotopic (exact) mass is 223 g/mol. The Bertz CT molecular complexity index is 320. The van der Waals surface area contributed by atoms with Crippen molar-refractivity contribution in [2.45, 2.75) is 38.6 Å². The fraction of sp³-hybridized carbons (Fsp3) is 0.583. The van der Waals surface area contributed by atoms with Gasteiger partial charge in [0.1, 0.15) is 0 Å². The second kappa shape index (κ2) is 4.79. The molecule has 0 aromatic carbocycles. The number of nitrogens with one attached hydrogen (secondary N) is 1. The van der Waals surface area contributed by atoms with Gasteiger partial charge in [-0.3, -0.25) is 4.79 Å². The van der Waals surface area contributed by atoms with Crippen molar-refractivity contribution in [3.8, 4) is 0 Å². The number of amides is 1. The molecule has 1 fully saturated rings. The third-order valence-electron chi connectivity index (χ3n) is 3.17. The average molecular weight is 223 g/mol. The van der Waals surface area contributed by atoms with Gasteiger partial charge in [-0.1, -0.05) is 25.8 Å². The van der Waals surface area contributed by atoms with Gasteiger partial charge < -0.3 is 5.32 Å². The highest BCUT2D eigenvalue weighted by atomic mass is 32.1. The summed E-state index contributed by atoms with van der Waals surface area (Å²) < 4.78 is 0. The molecular weight excluding hydrogens is 206 g/mol. The minimum atomic E-state index is 0.101. The maximum atomic E-state index is 11.8. The predicted octanol–water partition coefficient (Wildman–Crippen LogP) is 3.06. The Hall–Kier alpha value is -0.830. The van der Waals surface area contributed by atoms with Crippen LogP contribution in [0.4, 0.5) is 0 Å². The lowest BCUT2D eigenvalue weighted by Crippen LogP contribution is -2.40. The Morgan fingerprint density at radius 1 is 1.47 bits per heavy atom. The lowest BCUT2D eigenvalue weighted by molar-refractivity contribution is 0.0914. The zero-order valence-electron chi connectivity index (χ0n) is 9.03. The van der Waals surface area contributed by atoms with Crippen molar-refractivity contribution < 1.29 is 4.79 Å². The number of carbonyl (C=O) groups is 1. The molecule has 0 unspecified atom stereocenters. The van der Waals surface area contributed by atoms with Crippen LogP contribution in [0.2, 0.25) is 0 Å². The van der Waals surface area contributed by atoms with Gasteiger partial charge in [0.25, 0.3) is 5.91 Å². The number of hydrogen-bond donors (Lipinski definition) is 1. The minimum absolute atomic E-state index is 0.101. The van der Waals surface area contributed by atoms with E-state index < -0.39 is 0 Å². The van der Waals surface area contributed by atoms with Crippen molar-refractivity contribution in [1.82, 2.24) is 5.32 Å². The molecule has 1 aliphatic rings. The maximum absolute atomic E-state index is 11.8. The molecular formula is C12H17NOS. The molecule has 1 heterocycles. The molecule has 1 amide bonds. The molecule has 2 atom stereocenters. The first kappa shape index (κ1) is 10.7. The third kappa shape index (κ3) is 2.59. The summed E-state index contributed by atoms with van der Waals surface area (Å²) >= 11 is 1.51. The summed E-state index contributed by atoms with van der Waals surface area (Å²) in [4.78, 5) is 12.6. The molecule has 0 spiro atoms. The molecule has 1 aliphatic carbocycles. The predicted molar refractivity (Wildman–Crippen MR) is 63.2 cm³/mol. The third-order valence-corrected chi connectivity index (χ3v) is 4.04. The van der Waals surface area contributed by atoms with Crippen molar-refractivity contribution in [2.75, 3.05) is 0 Å². The van der Waals surface area contributed by atoms with E-state index in [0.29, 0.717) is 12.0 Å². The van der Waals surface area contributed by atoms with Crippen LogP contribution in [-0.2, 0) is 0 Å². The lowest BCUT2D eigenvalue weighted by Gasteiger charge is -2.29. The molecule has 1 N–H and O–H groups in total. The van der Waals surface area contributed by atoms with Gasteiger partial charge >= 0.3 is 0 Å². The minimum Gasteiger partial charge on any atom is -0.348 e. The Morgan fingerprint density at radius 2 is 2.27 bits per heavy atom. The molecule has 1 aromatic rings. The molecule has 2 nitrogen and oxygen atoms in total. The highest BCUT2D eigenvalue weighted by Gasteiger charge is 2.23. The van der Waals surface area contributed by atoms with E-state index in [1.165, 1.54) is 30.6 Å². The summed E-state index contributed by atoms with van der Waals surface area (Å²) in [5.74, 6) is 0.728. The first-order valence-electron chi connectivity index (χ1n) is 5.62. The second-order valence-electron chi connectivity index (χ2n) is 4.32. The van der Waals surface area contributed by atoms with Crippen molar-refractivity contribution in [3.63, 3.8) is 0 Å². The van der Waals surface area contributed by atoms with Gasteiger partial charge in [-0.05, 0) is 30.2 Å². The van der Waals surface area contributed by atoms with Crippen molar-refractivity contribution in [3.05, 3.63) is 22.4 Å². The lowest BCUT2D eigenvalue weighted by atomic mass is 9.86. The van der Waals surface area contributed by atoms with Gasteiger partial charge in [-0.25, -0.2) is 0 Å². The van der Waals surface area contributed by atoms with Crippen LogP contribution in [0, 0.1) is 5.92 Å². The molecule has 3 heteroatoms. The SMILES string of the molecule is C[C@@H]1CCCC[C@@H]1NC(=O)c1cccs1. The van der Waals surface area contributed by atoms with Gasteiger partial charge in [0.15, 0.2) is 0 Å². The second-order valence-corrected chi connectivity index (χ2v) is 5.27. The van der Waals surface area contributed by atoms with Crippen LogP contribution in [0.1, 0.15) is 42.3 Å². The van der Waals surface area contributed by atoms with Crippen LogP contribution in [0.3, 0.4) is 0 Å². The Balaban J connectivity index is 1.93. The standard InChI is InChI=1S/C12H17NOS/c1-9-5-2-3-6-10(9)13-12(14)11-7-4-8-15-11/h4,7-10H,2-3,5-6H2,1H3,(H,13,14)/t9-,10+/m1/s1. The molecule has 15 heavy (non-hydrogen) atoms. The Morgan fingerprint density at radius 3 is 2.93 bits per heavy atom. The molecule has 0 aliphatic heterocycles. The van der Waals surface area contributed by atoms with E-state index in [-0.39, 0.29) is 5.91 Å². The van der Waals surface area contributed by atoms with Gasteiger partial charge in [0.2, 0.25) is 0 Å².